The van der Waals surface area contributed by atoms with Crippen LogP contribution in [0.15, 0.2) is 187 Å². The Bertz CT molecular complexity index is 2810. The number of fused-ring (bicyclic) bond motifs is 6. The normalized spacial score (nSPS) is 16.8. The molecule has 1 atom stereocenters. The topological polar surface area (TPSA) is 19.0 Å². The molecule has 0 saturated carbocycles. The maximum absolute atomic E-state index is 6.52. The molecule has 0 saturated heterocycles. The number of anilines is 7. The van der Waals surface area contributed by atoms with Crippen LogP contribution in [0.1, 0.15) is 42.5 Å². The van der Waals surface area contributed by atoms with Crippen molar-refractivity contribution < 1.29 is 4.74 Å². The number of allylic oxidation sites excluding steroid dienone is 1. The number of para-hydroxylation sites is 3. The van der Waals surface area contributed by atoms with Gasteiger partial charge in [0.2, 0.25) is 6.71 Å². The lowest BCUT2D eigenvalue weighted by Crippen LogP contribution is -2.61. The summed E-state index contributed by atoms with van der Waals surface area (Å²) in [6.45, 7) is 9.11. The van der Waals surface area contributed by atoms with E-state index in [1.54, 1.807) is 0 Å². The molecule has 4 nitrogen and oxygen atoms in total. The van der Waals surface area contributed by atoms with Crippen LogP contribution in [-0.2, 0) is 5.41 Å². The summed E-state index contributed by atoms with van der Waals surface area (Å²) in [5.74, 6) is 1.84. The predicted molar refractivity (Wildman–Crippen MR) is 242 cm³/mol. The van der Waals surface area contributed by atoms with Crippen molar-refractivity contribution in [3.8, 4) is 11.5 Å². The molecule has 0 fully saturated rings. The number of ether oxygens (including phenoxy) is 1. The summed E-state index contributed by atoms with van der Waals surface area (Å²) in [4.78, 5) is 7.53. The molecule has 0 bridgehead atoms. The molecule has 5 heteroatoms. The molecule has 4 aliphatic rings. The predicted octanol–water partition coefficient (Wildman–Crippen LogP) is 12.2. The zero-order valence-corrected chi connectivity index (χ0v) is 33.4. The van der Waals surface area contributed by atoms with Crippen LogP contribution in [0.5, 0.6) is 11.5 Å². The SMILES string of the molecule is Cc1ccc(N2C3=C4B(c5cc(C)ccc52)c2ccc(N(c5ccccc5)c5ccc6c(c5)C(C)(C)c5ccccc5O6)cc2N(c2ccccc2)C4CC=C3)cc1. The number of rotatable bonds is 5. The van der Waals surface area contributed by atoms with Gasteiger partial charge in [0.05, 0.1) is 6.04 Å². The van der Waals surface area contributed by atoms with E-state index >= 15 is 0 Å². The molecule has 1 aliphatic carbocycles. The van der Waals surface area contributed by atoms with Gasteiger partial charge in [-0.15, -0.1) is 0 Å². The highest BCUT2D eigenvalue weighted by Crippen LogP contribution is 2.51. The minimum Gasteiger partial charge on any atom is -0.457 e. The Morgan fingerprint density at radius 3 is 2.09 bits per heavy atom. The zero-order chi connectivity index (χ0) is 39.1. The molecule has 7 aromatic carbocycles. The van der Waals surface area contributed by atoms with Gasteiger partial charge >= 0.3 is 0 Å². The standard InChI is InChI=1S/C53H44BN3O/c1-35-22-25-39(26-23-35)56-46-30-24-36(2)32-45(46)54-44-29-27-41(34-49(44)57(38-16-9-6-10-17-38)48-20-13-19-47(56)52(48)54)55(37-14-7-5-8-15-37)40-28-31-51-43(33-40)53(3,4)42-18-11-12-21-50(42)58-51/h5-19,21-34,48H,20H2,1-4H3. The van der Waals surface area contributed by atoms with E-state index in [0.29, 0.717) is 0 Å². The Balaban J connectivity index is 1.13. The van der Waals surface area contributed by atoms with E-state index in [1.165, 1.54) is 67.1 Å². The number of nitrogens with zero attached hydrogens (tertiary/aromatic N) is 3. The third-order valence-electron chi connectivity index (χ3n) is 12.7. The van der Waals surface area contributed by atoms with Crippen molar-refractivity contribution in [3.05, 3.63) is 209 Å². The Morgan fingerprint density at radius 2 is 1.28 bits per heavy atom. The first-order chi connectivity index (χ1) is 28.3. The molecular weight excluding hydrogens is 705 g/mol. The molecular formula is C53H44BN3O. The van der Waals surface area contributed by atoms with Gasteiger partial charge in [0, 0.05) is 62.1 Å². The van der Waals surface area contributed by atoms with Crippen molar-refractivity contribution in [2.24, 2.45) is 0 Å². The first kappa shape index (κ1) is 34.5. The van der Waals surface area contributed by atoms with Gasteiger partial charge in [0.25, 0.3) is 0 Å². The van der Waals surface area contributed by atoms with Gasteiger partial charge in [-0.2, -0.15) is 0 Å². The quantitative estimate of drug-likeness (QED) is 0.163. The van der Waals surface area contributed by atoms with E-state index in [-0.39, 0.29) is 18.2 Å². The van der Waals surface area contributed by atoms with Gasteiger partial charge < -0.3 is 19.4 Å². The van der Waals surface area contributed by atoms with Crippen molar-refractivity contribution in [3.63, 3.8) is 0 Å². The smallest absolute Gasteiger partial charge is 0.247 e. The van der Waals surface area contributed by atoms with Crippen molar-refractivity contribution >= 4 is 57.5 Å². The van der Waals surface area contributed by atoms with E-state index < -0.39 is 0 Å². The van der Waals surface area contributed by atoms with E-state index in [9.17, 15) is 0 Å². The third-order valence-corrected chi connectivity index (χ3v) is 12.7. The lowest BCUT2D eigenvalue weighted by molar-refractivity contribution is 0.418. The molecule has 58 heavy (non-hydrogen) atoms. The van der Waals surface area contributed by atoms with E-state index in [1.807, 2.05) is 0 Å². The fraction of sp³-hybridized carbons (Fsp3) is 0.132. The first-order valence-electron chi connectivity index (χ1n) is 20.5. The van der Waals surface area contributed by atoms with Crippen LogP contribution in [-0.4, -0.2) is 12.8 Å². The Morgan fingerprint density at radius 1 is 0.586 bits per heavy atom. The van der Waals surface area contributed by atoms with Crippen LogP contribution in [0.4, 0.5) is 39.8 Å². The molecule has 3 heterocycles. The maximum Gasteiger partial charge on any atom is 0.247 e. The Kier molecular flexibility index (Phi) is 7.84. The van der Waals surface area contributed by atoms with Gasteiger partial charge in [-0.25, -0.2) is 0 Å². The molecule has 0 amide bonds. The summed E-state index contributed by atoms with van der Waals surface area (Å²) >= 11 is 0. The Hall–Kier alpha value is -6.72. The van der Waals surface area contributed by atoms with Gasteiger partial charge in [0.1, 0.15) is 11.5 Å². The van der Waals surface area contributed by atoms with Crippen LogP contribution in [0, 0.1) is 13.8 Å². The molecule has 11 rings (SSSR count). The molecule has 0 N–H and O–H groups in total. The molecule has 0 spiro atoms. The number of hydrogen-bond acceptors (Lipinski definition) is 4. The highest BCUT2D eigenvalue weighted by atomic mass is 16.5. The van der Waals surface area contributed by atoms with Crippen molar-refractivity contribution in [2.45, 2.75) is 45.6 Å². The maximum atomic E-state index is 6.52. The van der Waals surface area contributed by atoms with Crippen LogP contribution >= 0.6 is 0 Å². The second kappa shape index (κ2) is 13.2. The van der Waals surface area contributed by atoms with Crippen LogP contribution in [0.3, 0.4) is 0 Å². The summed E-state index contributed by atoms with van der Waals surface area (Å²) < 4.78 is 6.52. The molecule has 0 aromatic heterocycles. The van der Waals surface area contributed by atoms with Gasteiger partial charge in [-0.05, 0) is 122 Å². The molecule has 1 unspecified atom stereocenters. The van der Waals surface area contributed by atoms with Crippen LogP contribution in [0.2, 0.25) is 0 Å². The summed E-state index contributed by atoms with van der Waals surface area (Å²) in [5.41, 5.74) is 18.3. The van der Waals surface area contributed by atoms with Crippen LogP contribution in [0.25, 0.3) is 0 Å². The molecule has 3 aliphatic heterocycles. The lowest BCUT2D eigenvalue weighted by atomic mass is 9.31. The fourth-order valence-corrected chi connectivity index (χ4v) is 10.00. The fourth-order valence-electron chi connectivity index (χ4n) is 10.00. The monoisotopic (exact) mass is 749 g/mol. The number of hydrogen-bond donors (Lipinski definition) is 0. The van der Waals surface area contributed by atoms with Gasteiger partial charge in [-0.1, -0.05) is 116 Å². The average Bonchev–Trinajstić information content (AvgIpc) is 3.25. The second-order valence-electron chi connectivity index (χ2n) is 16.7. The van der Waals surface area contributed by atoms with Crippen molar-refractivity contribution in [2.75, 3.05) is 14.7 Å². The number of benzene rings is 7. The largest absolute Gasteiger partial charge is 0.457 e. The van der Waals surface area contributed by atoms with E-state index in [2.05, 4.69) is 218 Å². The van der Waals surface area contributed by atoms with Gasteiger partial charge in [0.15, 0.2) is 0 Å². The summed E-state index contributed by atoms with van der Waals surface area (Å²) in [6, 6.07) is 60.3. The average molecular weight is 750 g/mol. The second-order valence-corrected chi connectivity index (χ2v) is 16.7. The molecule has 7 aromatic rings. The minimum atomic E-state index is -0.240. The summed E-state index contributed by atoms with van der Waals surface area (Å²) in [7, 11) is 0. The van der Waals surface area contributed by atoms with E-state index in [0.717, 1.165) is 35.0 Å². The number of aryl methyl sites for hydroxylation is 2. The highest BCUT2D eigenvalue weighted by molar-refractivity contribution is 6.94. The molecule has 0 radical (unpaired) electrons. The third kappa shape index (κ3) is 5.30. The minimum absolute atomic E-state index is 0.109. The van der Waals surface area contributed by atoms with Gasteiger partial charge in [-0.3, -0.25) is 0 Å². The summed E-state index contributed by atoms with van der Waals surface area (Å²) in [6.07, 6.45) is 5.68. The lowest BCUT2D eigenvalue weighted by Gasteiger charge is -2.50. The van der Waals surface area contributed by atoms with Crippen molar-refractivity contribution in [1.82, 2.24) is 0 Å². The Labute approximate surface area is 342 Å². The summed E-state index contributed by atoms with van der Waals surface area (Å²) in [5, 5.41) is 0. The highest BCUT2D eigenvalue weighted by Gasteiger charge is 2.47. The van der Waals surface area contributed by atoms with E-state index in [4.69, 9.17) is 4.74 Å². The van der Waals surface area contributed by atoms with Crippen molar-refractivity contribution in [1.29, 1.82) is 0 Å². The molecule has 280 valence electrons. The van der Waals surface area contributed by atoms with Crippen LogP contribution < -0.4 is 30.4 Å². The first-order valence-corrected chi connectivity index (χ1v) is 20.5. The zero-order valence-electron chi connectivity index (χ0n) is 33.4.